The molecule has 0 aliphatic carbocycles. The van der Waals surface area contributed by atoms with Crippen LogP contribution < -0.4 is 10.9 Å². The normalized spacial score (nSPS) is 12.3. The van der Waals surface area contributed by atoms with Gasteiger partial charge in [-0.2, -0.15) is 0 Å². The van der Waals surface area contributed by atoms with Crippen molar-refractivity contribution in [1.82, 2.24) is 5.32 Å². The average molecular weight is 347 g/mol. The van der Waals surface area contributed by atoms with E-state index in [1.54, 1.807) is 0 Å². The summed E-state index contributed by atoms with van der Waals surface area (Å²) in [5, 5.41) is 3.93. The third-order valence-corrected chi connectivity index (χ3v) is 4.90. The molecule has 0 unspecified atom stereocenters. The van der Waals surface area contributed by atoms with Gasteiger partial charge in [-0.3, -0.25) is 4.79 Å². The summed E-state index contributed by atoms with van der Waals surface area (Å²) in [7, 11) is 0. The van der Waals surface area contributed by atoms with Gasteiger partial charge in [0.25, 0.3) is 0 Å². The third kappa shape index (κ3) is 5.13. The number of rotatable bonds is 8. The fourth-order valence-electron chi connectivity index (χ4n) is 2.69. The van der Waals surface area contributed by atoms with E-state index in [4.69, 9.17) is 4.42 Å². The molecule has 1 aromatic carbocycles. The van der Waals surface area contributed by atoms with E-state index in [9.17, 15) is 9.59 Å². The van der Waals surface area contributed by atoms with Gasteiger partial charge in [-0.05, 0) is 37.0 Å². The molecule has 24 heavy (non-hydrogen) atoms. The van der Waals surface area contributed by atoms with Crippen LogP contribution in [-0.2, 0) is 17.0 Å². The summed E-state index contributed by atoms with van der Waals surface area (Å²) in [5.41, 5.74) is 2.34. The van der Waals surface area contributed by atoms with Gasteiger partial charge in [-0.1, -0.05) is 32.4 Å². The Morgan fingerprint density at radius 3 is 2.79 bits per heavy atom. The van der Waals surface area contributed by atoms with E-state index in [0.717, 1.165) is 35.8 Å². The van der Waals surface area contributed by atoms with Gasteiger partial charge < -0.3 is 9.73 Å². The summed E-state index contributed by atoms with van der Waals surface area (Å²) >= 11 is 1.52. The highest BCUT2D eigenvalue weighted by atomic mass is 32.2. The number of aryl methyl sites for hydroxylation is 1. The second-order valence-corrected chi connectivity index (χ2v) is 7.01. The van der Waals surface area contributed by atoms with Crippen LogP contribution in [-0.4, -0.2) is 17.7 Å². The van der Waals surface area contributed by atoms with E-state index in [0.29, 0.717) is 17.1 Å². The first-order valence-electron chi connectivity index (χ1n) is 8.46. The summed E-state index contributed by atoms with van der Waals surface area (Å²) in [5.74, 6) is 1.05. The number of carbonyl (C=O) groups is 1. The van der Waals surface area contributed by atoms with Crippen LogP contribution in [0.3, 0.4) is 0 Å². The van der Waals surface area contributed by atoms with E-state index < -0.39 is 0 Å². The Balaban J connectivity index is 2.02. The van der Waals surface area contributed by atoms with Crippen molar-refractivity contribution >= 4 is 28.6 Å². The van der Waals surface area contributed by atoms with Gasteiger partial charge in [0.05, 0.1) is 5.75 Å². The lowest BCUT2D eigenvalue weighted by atomic mass is 10.1. The SMILES string of the molecule is CCC[C@H](C)NC(=O)CSCc1cc(=O)oc2cc(CC)ccc12. The zero-order chi connectivity index (χ0) is 17.5. The molecule has 0 fully saturated rings. The number of amides is 1. The summed E-state index contributed by atoms with van der Waals surface area (Å²) in [6, 6.07) is 7.70. The van der Waals surface area contributed by atoms with Crippen LogP contribution in [0, 0.1) is 0 Å². The predicted octanol–water partition coefficient (Wildman–Crippen LogP) is 3.89. The van der Waals surface area contributed by atoms with Gasteiger partial charge in [-0.15, -0.1) is 11.8 Å². The lowest BCUT2D eigenvalue weighted by molar-refractivity contribution is -0.119. The van der Waals surface area contributed by atoms with E-state index in [1.807, 2.05) is 19.1 Å². The van der Waals surface area contributed by atoms with Crippen molar-refractivity contribution in [1.29, 1.82) is 0 Å². The molecule has 130 valence electrons. The Hall–Kier alpha value is -1.75. The molecule has 1 heterocycles. The van der Waals surface area contributed by atoms with Crippen molar-refractivity contribution in [2.45, 2.75) is 51.8 Å². The quantitative estimate of drug-likeness (QED) is 0.736. The lowest BCUT2D eigenvalue weighted by Crippen LogP contribution is -2.33. The standard InChI is InChI=1S/C19H25NO3S/c1-4-6-13(3)20-18(21)12-24-11-15-10-19(22)23-17-9-14(5-2)7-8-16(15)17/h7-10,13H,4-6,11-12H2,1-3H3,(H,20,21)/t13-/m0/s1. The summed E-state index contributed by atoms with van der Waals surface area (Å²) in [4.78, 5) is 23.7. The molecule has 1 aromatic heterocycles. The fraction of sp³-hybridized carbons (Fsp3) is 0.474. The zero-order valence-electron chi connectivity index (χ0n) is 14.6. The molecule has 1 amide bonds. The molecule has 0 saturated heterocycles. The molecule has 0 spiro atoms. The number of thioether (sulfide) groups is 1. The number of hydrogen-bond acceptors (Lipinski definition) is 4. The molecule has 0 bridgehead atoms. The Labute approximate surface area is 147 Å². The topological polar surface area (TPSA) is 59.3 Å². The minimum absolute atomic E-state index is 0.0430. The molecule has 0 radical (unpaired) electrons. The van der Waals surface area contributed by atoms with Gasteiger partial charge >= 0.3 is 5.63 Å². The molecular weight excluding hydrogens is 322 g/mol. The van der Waals surface area contributed by atoms with Gasteiger partial charge in [-0.25, -0.2) is 4.79 Å². The monoisotopic (exact) mass is 347 g/mol. The number of benzene rings is 1. The smallest absolute Gasteiger partial charge is 0.336 e. The van der Waals surface area contributed by atoms with Crippen LogP contribution in [0.25, 0.3) is 11.0 Å². The first-order valence-corrected chi connectivity index (χ1v) is 9.61. The molecule has 5 heteroatoms. The van der Waals surface area contributed by atoms with Gasteiger partial charge in [0, 0.05) is 23.2 Å². The summed E-state index contributed by atoms with van der Waals surface area (Å²) in [6.45, 7) is 6.19. The Morgan fingerprint density at radius 1 is 1.29 bits per heavy atom. The van der Waals surface area contributed by atoms with Crippen molar-refractivity contribution < 1.29 is 9.21 Å². The lowest BCUT2D eigenvalue weighted by Gasteiger charge is -2.12. The molecule has 0 aliphatic rings. The molecular formula is C19H25NO3S. The Bertz CT molecular complexity index is 754. The summed E-state index contributed by atoms with van der Waals surface area (Å²) in [6.07, 6.45) is 2.94. The van der Waals surface area contributed by atoms with E-state index >= 15 is 0 Å². The van der Waals surface area contributed by atoms with Crippen molar-refractivity contribution in [3.8, 4) is 0 Å². The summed E-state index contributed by atoms with van der Waals surface area (Å²) < 4.78 is 5.31. The fourth-order valence-corrected chi connectivity index (χ4v) is 3.52. The zero-order valence-corrected chi connectivity index (χ0v) is 15.4. The molecule has 2 aromatic rings. The highest BCUT2D eigenvalue weighted by Gasteiger charge is 2.09. The molecule has 0 aliphatic heterocycles. The van der Waals surface area contributed by atoms with Crippen molar-refractivity contribution in [2.75, 3.05) is 5.75 Å². The van der Waals surface area contributed by atoms with Crippen LogP contribution >= 0.6 is 11.8 Å². The molecule has 1 atom stereocenters. The van der Waals surface area contributed by atoms with Gasteiger partial charge in [0.2, 0.25) is 5.91 Å². The maximum atomic E-state index is 11.9. The van der Waals surface area contributed by atoms with Crippen LogP contribution in [0.5, 0.6) is 0 Å². The number of hydrogen-bond donors (Lipinski definition) is 1. The van der Waals surface area contributed by atoms with Crippen molar-refractivity contribution in [3.63, 3.8) is 0 Å². The molecule has 0 saturated carbocycles. The first-order chi connectivity index (χ1) is 11.5. The van der Waals surface area contributed by atoms with Crippen LogP contribution in [0.15, 0.2) is 33.5 Å². The molecule has 1 N–H and O–H groups in total. The van der Waals surface area contributed by atoms with Crippen LogP contribution in [0.4, 0.5) is 0 Å². The van der Waals surface area contributed by atoms with E-state index in [2.05, 4.69) is 25.2 Å². The minimum Gasteiger partial charge on any atom is -0.423 e. The number of carbonyl (C=O) groups excluding carboxylic acids is 1. The molecule has 2 rings (SSSR count). The minimum atomic E-state index is -0.340. The highest BCUT2D eigenvalue weighted by Crippen LogP contribution is 2.22. The number of nitrogens with one attached hydrogen (secondary N) is 1. The van der Waals surface area contributed by atoms with Gasteiger partial charge in [0.15, 0.2) is 0 Å². The van der Waals surface area contributed by atoms with Crippen molar-refractivity contribution in [3.05, 3.63) is 45.8 Å². The maximum Gasteiger partial charge on any atom is 0.336 e. The second kappa shape index (κ2) is 8.92. The average Bonchev–Trinajstić information content (AvgIpc) is 2.54. The van der Waals surface area contributed by atoms with Crippen LogP contribution in [0.1, 0.15) is 44.7 Å². The highest BCUT2D eigenvalue weighted by molar-refractivity contribution is 7.99. The van der Waals surface area contributed by atoms with Crippen molar-refractivity contribution in [2.24, 2.45) is 0 Å². The second-order valence-electron chi connectivity index (χ2n) is 6.02. The maximum absolute atomic E-state index is 11.9. The Kier molecular flexibility index (Phi) is 6.91. The largest absolute Gasteiger partial charge is 0.423 e. The Morgan fingerprint density at radius 2 is 2.08 bits per heavy atom. The number of fused-ring (bicyclic) bond motifs is 1. The van der Waals surface area contributed by atoms with E-state index in [-0.39, 0.29) is 17.6 Å². The third-order valence-electron chi connectivity index (χ3n) is 3.92. The van der Waals surface area contributed by atoms with E-state index in [1.165, 1.54) is 17.8 Å². The molecule has 4 nitrogen and oxygen atoms in total. The van der Waals surface area contributed by atoms with Gasteiger partial charge in [0.1, 0.15) is 5.58 Å². The first kappa shape index (κ1) is 18.6. The van der Waals surface area contributed by atoms with Crippen LogP contribution in [0.2, 0.25) is 0 Å². The predicted molar refractivity (Wildman–Crippen MR) is 101 cm³/mol.